The molecule has 17 heavy (non-hydrogen) atoms. The number of halogens is 1. The van der Waals surface area contributed by atoms with Gasteiger partial charge in [0.05, 0.1) is 11.6 Å². The van der Waals surface area contributed by atoms with Crippen molar-refractivity contribution >= 4 is 32.7 Å². The standard InChI is InChI=1S/C12H14BrN3O/c1-15-12(17)10(14)5-7-6-16-11-8(7)3-2-4-9(11)13/h2-4,6,10,16H,5,14H2,1H3,(H,15,17)/t10-/m0/s1. The van der Waals surface area contributed by atoms with E-state index in [1.54, 1.807) is 7.05 Å². The maximum atomic E-state index is 11.4. The lowest BCUT2D eigenvalue weighted by Gasteiger charge is -2.08. The smallest absolute Gasteiger partial charge is 0.237 e. The minimum absolute atomic E-state index is 0.144. The number of hydrogen-bond acceptors (Lipinski definition) is 2. The number of H-pyrrole nitrogens is 1. The molecule has 5 heteroatoms. The van der Waals surface area contributed by atoms with Gasteiger partial charge in [0.1, 0.15) is 0 Å². The molecule has 4 N–H and O–H groups in total. The van der Waals surface area contributed by atoms with Gasteiger partial charge in [0.15, 0.2) is 0 Å². The Labute approximate surface area is 108 Å². The number of nitrogens with one attached hydrogen (secondary N) is 2. The van der Waals surface area contributed by atoms with Crippen molar-refractivity contribution in [2.45, 2.75) is 12.5 Å². The summed E-state index contributed by atoms with van der Waals surface area (Å²) in [4.78, 5) is 14.6. The fraction of sp³-hybridized carbons (Fsp3) is 0.250. The highest BCUT2D eigenvalue weighted by Crippen LogP contribution is 2.26. The van der Waals surface area contributed by atoms with Gasteiger partial charge in [0, 0.05) is 23.1 Å². The van der Waals surface area contributed by atoms with Crippen LogP contribution in [0.15, 0.2) is 28.9 Å². The number of aromatic amines is 1. The number of carbonyl (C=O) groups excluding carboxylic acids is 1. The van der Waals surface area contributed by atoms with Crippen LogP contribution in [0.2, 0.25) is 0 Å². The minimum atomic E-state index is -0.516. The van der Waals surface area contributed by atoms with Gasteiger partial charge in [-0.25, -0.2) is 0 Å². The Balaban J connectivity index is 2.31. The zero-order chi connectivity index (χ0) is 12.4. The molecule has 1 aromatic carbocycles. The quantitative estimate of drug-likeness (QED) is 0.804. The highest BCUT2D eigenvalue weighted by atomic mass is 79.9. The first kappa shape index (κ1) is 12.1. The van der Waals surface area contributed by atoms with Gasteiger partial charge < -0.3 is 16.0 Å². The van der Waals surface area contributed by atoms with E-state index in [1.165, 1.54) is 0 Å². The van der Waals surface area contributed by atoms with Crippen LogP contribution in [0, 0.1) is 0 Å². The third-order valence-electron chi connectivity index (χ3n) is 2.77. The molecule has 0 saturated carbocycles. The van der Waals surface area contributed by atoms with E-state index in [9.17, 15) is 4.79 Å². The molecule has 0 aliphatic carbocycles. The largest absolute Gasteiger partial charge is 0.360 e. The van der Waals surface area contributed by atoms with Crippen molar-refractivity contribution < 1.29 is 4.79 Å². The van der Waals surface area contributed by atoms with Crippen molar-refractivity contribution in [2.75, 3.05) is 7.05 Å². The molecular weight excluding hydrogens is 282 g/mol. The minimum Gasteiger partial charge on any atom is -0.360 e. The van der Waals surface area contributed by atoms with E-state index in [0.29, 0.717) is 6.42 Å². The molecule has 1 atom stereocenters. The van der Waals surface area contributed by atoms with Crippen molar-refractivity contribution in [3.63, 3.8) is 0 Å². The summed E-state index contributed by atoms with van der Waals surface area (Å²) in [6, 6.07) is 5.44. The van der Waals surface area contributed by atoms with Crippen molar-refractivity contribution in [1.82, 2.24) is 10.3 Å². The maximum absolute atomic E-state index is 11.4. The van der Waals surface area contributed by atoms with Crippen molar-refractivity contribution in [1.29, 1.82) is 0 Å². The van der Waals surface area contributed by atoms with Gasteiger partial charge >= 0.3 is 0 Å². The maximum Gasteiger partial charge on any atom is 0.237 e. The number of rotatable bonds is 3. The van der Waals surface area contributed by atoms with Gasteiger partial charge in [0.2, 0.25) is 5.91 Å². The fourth-order valence-electron chi connectivity index (χ4n) is 1.86. The molecular formula is C12H14BrN3O. The van der Waals surface area contributed by atoms with E-state index in [4.69, 9.17) is 5.73 Å². The first-order valence-electron chi connectivity index (χ1n) is 5.35. The van der Waals surface area contributed by atoms with Crippen LogP contribution in [-0.2, 0) is 11.2 Å². The average Bonchev–Trinajstić information content (AvgIpc) is 2.73. The number of hydrogen-bond donors (Lipinski definition) is 3. The van der Waals surface area contributed by atoms with E-state index in [2.05, 4.69) is 26.2 Å². The Hall–Kier alpha value is -1.33. The van der Waals surface area contributed by atoms with Crippen molar-refractivity contribution in [3.8, 4) is 0 Å². The molecule has 2 rings (SSSR count). The van der Waals surface area contributed by atoms with Crippen LogP contribution in [0.25, 0.3) is 10.9 Å². The number of amides is 1. The summed E-state index contributed by atoms with van der Waals surface area (Å²) in [6.45, 7) is 0. The molecule has 0 aliphatic heterocycles. The third-order valence-corrected chi connectivity index (χ3v) is 3.43. The molecule has 0 bridgehead atoms. The second-order valence-corrected chi connectivity index (χ2v) is 4.76. The van der Waals surface area contributed by atoms with Crippen LogP contribution < -0.4 is 11.1 Å². The van der Waals surface area contributed by atoms with Gasteiger partial charge in [-0.15, -0.1) is 0 Å². The van der Waals surface area contributed by atoms with Gasteiger partial charge in [-0.3, -0.25) is 4.79 Å². The second kappa shape index (κ2) is 4.89. The summed E-state index contributed by atoms with van der Waals surface area (Å²) in [5.41, 5.74) is 7.90. The van der Waals surface area contributed by atoms with Gasteiger partial charge in [-0.2, -0.15) is 0 Å². The van der Waals surface area contributed by atoms with Gasteiger partial charge in [0.25, 0.3) is 0 Å². The third kappa shape index (κ3) is 2.35. The lowest BCUT2D eigenvalue weighted by molar-refractivity contribution is -0.121. The molecule has 4 nitrogen and oxygen atoms in total. The molecule has 0 unspecified atom stereocenters. The number of benzene rings is 1. The number of para-hydroxylation sites is 1. The van der Waals surface area contributed by atoms with Crippen molar-refractivity contribution in [2.24, 2.45) is 5.73 Å². The number of fused-ring (bicyclic) bond motifs is 1. The summed E-state index contributed by atoms with van der Waals surface area (Å²) in [6.07, 6.45) is 2.42. The molecule has 1 aromatic heterocycles. The molecule has 2 aromatic rings. The lowest BCUT2D eigenvalue weighted by Crippen LogP contribution is -2.40. The summed E-state index contributed by atoms with van der Waals surface area (Å²) in [7, 11) is 1.59. The normalized spacial score (nSPS) is 12.6. The van der Waals surface area contributed by atoms with E-state index < -0.39 is 6.04 Å². The summed E-state index contributed by atoms with van der Waals surface area (Å²) < 4.78 is 1.01. The van der Waals surface area contributed by atoms with Gasteiger partial charge in [-0.05, 0) is 34.0 Å². The Morgan fingerprint density at radius 3 is 3.06 bits per heavy atom. The highest BCUT2D eigenvalue weighted by molar-refractivity contribution is 9.10. The van der Waals surface area contributed by atoms with Crippen molar-refractivity contribution in [3.05, 3.63) is 34.4 Å². The SMILES string of the molecule is CNC(=O)[C@@H](N)Cc1c[nH]c2c(Br)cccc12. The fourth-order valence-corrected chi connectivity index (χ4v) is 2.34. The Morgan fingerprint density at radius 1 is 1.59 bits per heavy atom. The number of aromatic nitrogens is 1. The number of likely N-dealkylation sites (N-methyl/N-ethyl adjacent to an activating group) is 1. The van der Waals surface area contributed by atoms with Crippen LogP contribution in [0.4, 0.5) is 0 Å². The predicted octanol–water partition coefficient (Wildman–Crippen LogP) is 1.55. The van der Waals surface area contributed by atoms with Crippen LogP contribution in [0.5, 0.6) is 0 Å². The Bertz CT molecular complexity index is 550. The second-order valence-electron chi connectivity index (χ2n) is 3.90. The number of nitrogens with two attached hydrogens (primary N) is 1. The van der Waals surface area contributed by atoms with E-state index in [0.717, 1.165) is 20.9 Å². The summed E-state index contributed by atoms with van der Waals surface area (Å²) >= 11 is 3.48. The predicted molar refractivity (Wildman–Crippen MR) is 71.7 cm³/mol. The topological polar surface area (TPSA) is 70.9 Å². The van der Waals surface area contributed by atoms with Crippen LogP contribution in [0.3, 0.4) is 0 Å². The Kier molecular flexibility index (Phi) is 3.49. The highest BCUT2D eigenvalue weighted by Gasteiger charge is 2.15. The summed E-state index contributed by atoms with van der Waals surface area (Å²) in [5.74, 6) is -0.144. The lowest BCUT2D eigenvalue weighted by atomic mass is 10.1. The molecule has 0 aliphatic rings. The molecule has 1 amide bonds. The molecule has 90 valence electrons. The van der Waals surface area contributed by atoms with E-state index >= 15 is 0 Å². The van der Waals surface area contributed by atoms with Gasteiger partial charge in [-0.1, -0.05) is 12.1 Å². The monoisotopic (exact) mass is 295 g/mol. The molecule has 0 radical (unpaired) electrons. The zero-order valence-electron chi connectivity index (χ0n) is 9.46. The Morgan fingerprint density at radius 2 is 2.35 bits per heavy atom. The zero-order valence-corrected chi connectivity index (χ0v) is 11.0. The molecule has 0 fully saturated rings. The van der Waals surface area contributed by atoms with E-state index in [-0.39, 0.29) is 5.91 Å². The first-order chi connectivity index (χ1) is 8.13. The van der Waals surface area contributed by atoms with E-state index in [1.807, 2.05) is 24.4 Å². The molecule has 0 saturated heterocycles. The molecule has 1 heterocycles. The van der Waals surface area contributed by atoms with Crippen LogP contribution in [0.1, 0.15) is 5.56 Å². The van der Waals surface area contributed by atoms with Crippen LogP contribution in [-0.4, -0.2) is 24.0 Å². The van der Waals surface area contributed by atoms with Crippen LogP contribution >= 0.6 is 15.9 Å². The summed E-state index contributed by atoms with van der Waals surface area (Å²) in [5, 5.41) is 3.65. The molecule has 0 spiro atoms. The average molecular weight is 296 g/mol. The first-order valence-corrected chi connectivity index (χ1v) is 6.14. The number of carbonyl (C=O) groups is 1.